The lowest BCUT2D eigenvalue weighted by Gasteiger charge is -2.28. The summed E-state index contributed by atoms with van der Waals surface area (Å²) >= 11 is 0. The highest BCUT2D eigenvalue weighted by Crippen LogP contribution is 2.25. The number of fused-ring (bicyclic) bond motifs is 4. The number of rotatable bonds is 1. The van der Waals surface area contributed by atoms with Gasteiger partial charge in [-0.2, -0.15) is 5.10 Å². The van der Waals surface area contributed by atoms with Crippen molar-refractivity contribution in [3.8, 4) is 0 Å². The SMILES string of the molecule is O=C(Nc1n[nH]c2ccccc12)N1CCn2c(cc3ccccc32)C1. The van der Waals surface area contributed by atoms with Gasteiger partial charge in [0.15, 0.2) is 5.82 Å². The summed E-state index contributed by atoms with van der Waals surface area (Å²) < 4.78 is 2.29. The fourth-order valence-electron chi connectivity index (χ4n) is 3.57. The molecule has 6 heteroatoms. The Morgan fingerprint density at radius 2 is 1.92 bits per heavy atom. The molecule has 0 bridgehead atoms. The molecule has 0 unspecified atom stereocenters. The minimum atomic E-state index is -0.117. The highest BCUT2D eigenvalue weighted by Gasteiger charge is 2.23. The zero-order chi connectivity index (χ0) is 16.8. The van der Waals surface area contributed by atoms with E-state index in [1.807, 2.05) is 35.2 Å². The summed E-state index contributed by atoms with van der Waals surface area (Å²) in [5, 5.41) is 12.2. The van der Waals surface area contributed by atoms with Crippen molar-refractivity contribution in [2.24, 2.45) is 0 Å². The standard InChI is InChI=1S/C19H17N5O/c25-19(20-18-15-6-2-3-7-16(15)21-22-18)23-9-10-24-14(12-23)11-13-5-1-4-8-17(13)24/h1-8,11H,9-10,12H2,(H2,20,21,22,25). The second-order valence-corrected chi connectivity index (χ2v) is 6.32. The van der Waals surface area contributed by atoms with Gasteiger partial charge in [-0.3, -0.25) is 10.4 Å². The third-order valence-electron chi connectivity index (χ3n) is 4.83. The lowest BCUT2D eigenvalue weighted by atomic mass is 10.2. The van der Waals surface area contributed by atoms with E-state index in [1.54, 1.807) is 0 Å². The molecule has 0 aliphatic carbocycles. The smallest absolute Gasteiger partial charge is 0.323 e. The molecule has 2 N–H and O–H groups in total. The van der Waals surface area contributed by atoms with Gasteiger partial charge in [-0.05, 0) is 29.7 Å². The highest BCUT2D eigenvalue weighted by molar-refractivity contribution is 5.99. The molecule has 0 saturated heterocycles. The van der Waals surface area contributed by atoms with Crippen molar-refractivity contribution in [2.75, 3.05) is 11.9 Å². The lowest BCUT2D eigenvalue weighted by Crippen LogP contribution is -2.40. The molecule has 3 heterocycles. The van der Waals surface area contributed by atoms with Crippen molar-refractivity contribution in [3.63, 3.8) is 0 Å². The molecular formula is C19H17N5O. The predicted octanol–water partition coefficient (Wildman–Crippen LogP) is 3.57. The van der Waals surface area contributed by atoms with Crippen molar-refractivity contribution >= 4 is 33.7 Å². The summed E-state index contributed by atoms with van der Waals surface area (Å²) in [5.41, 5.74) is 3.31. The fourth-order valence-corrected chi connectivity index (χ4v) is 3.57. The van der Waals surface area contributed by atoms with Gasteiger partial charge in [0.1, 0.15) is 0 Å². The number of carbonyl (C=O) groups is 1. The monoisotopic (exact) mass is 331 g/mol. The van der Waals surface area contributed by atoms with Crippen LogP contribution < -0.4 is 5.32 Å². The average molecular weight is 331 g/mol. The highest BCUT2D eigenvalue weighted by atomic mass is 16.2. The zero-order valence-electron chi connectivity index (χ0n) is 13.6. The molecule has 0 fully saturated rings. The minimum Gasteiger partial charge on any atom is -0.341 e. The van der Waals surface area contributed by atoms with Gasteiger partial charge in [0.05, 0.1) is 12.1 Å². The molecule has 25 heavy (non-hydrogen) atoms. The van der Waals surface area contributed by atoms with Gasteiger partial charge in [-0.25, -0.2) is 4.79 Å². The third kappa shape index (κ3) is 2.26. The Morgan fingerprint density at radius 3 is 2.88 bits per heavy atom. The van der Waals surface area contributed by atoms with Crippen molar-refractivity contribution in [2.45, 2.75) is 13.1 Å². The molecule has 2 aromatic carbocycles. The molecule has 0 spiro atoms. The van der Waals surface area contributed by atoms with Crippen LogP contribution >= 0.6 is 0 Å². The van der Waals surface area contributed by atoms with Crippen molar-refractivity contribution < 1.29 is 4.79 Å². The number of anilines is 1. The molecule has 5 rings (SSSR count). The second kappa shape index (κ2) is 5.37. The Bertz CT molecular complexity index is 1090. The lowest BCUT2D eigenvalue weighted by molar-refractivity contribution is 0.198. The first-order valence-electron chi connectivity index (χ1n) is 8.36. The van der Waals surface area contributed by atoms with E-state index in [-0.39, 0.29) is 6.03 Å². The van der Waals surface area contributed by atoms with Gasteiger partial charge in [-0.15, -0.1) is 0 Å². The van der Waals surface area contributed by atoms with Gasteiger partial charge < -0.3 is 9.47 Å². The van der Waals surface area contributed by atoms with Gasteiger partial charge in [0, 0.05) is 29.7 Å². The molecule has 1 aliphatic heterocycles. The first-order valence-corrected chi connectivity index (χ1v) is 8.36. The summed E-state index contributed by atoms with van der Waals surface area (Å²) in [6.07, 6.45) is 0. The summed E-state index contributed by atoms with van der Waals surface area (Å²) in [4.78, 5) is 14.5. The van der Waals surface area contributed by atoms with E-state index in [1.165, 1.54) is 10.9 Å². The molecule has 6 nitrogen and oxygen atoms in total. The van der Waals surface area contributed by atoms with Crippen LogP contribution in [-0.2, 0) is 13.1 Å². The fraction of sp³-hybridized carbons (Fsp3) is 0.158. The van der Waals surface area contributed by atoms with Gasteiger partial charge in [0.25, 0.3) is 0 Å². The average Bonchev–Trinajstić information content (AvgIpc) is 3.22. The van der Waals surface area contributed by atoms with Crippen LogP contribution in [0, 0.1) is 0 Å². The maximum atomic E-state index is 12.7. The number of nitrogens with one attached hydrogen (secondary N) is 2. The number of aromatic amines is 1. The number of H-pyrrole nitrogens is 1. The summed E-state index contributed by atoms with van der Waals surface area (Å²) in [7, 11) is 0. The van der Waals surface area contributed by atoms with Crippen LogP contribution in [0.25, 0.3) is 21.8 Å². The van der Waals surface area contributed by atoms with E-state index >= 15 is 0 Å². The van der Waals surface area contributed by atoms with E-state index in [9.17, 15) is 4.79 Å². The van der Waals surface area contributed by atoms with Crippen molar-refractivity contribution in [1.29, 1.82) is 0 Å². The van der Waals surface area contributed by atoms with Crippen molar-refractivity contribution in [1.82, 2.24) is 19.7 Å². The Hall–Kier alpha value is -3.28. The van der Waals surface area contributed by atoms with Crippen LogP contribution in [0.4, 0.5) is 10.6 Å². The number of carbonyl (C=O) groups excluding carboxylic acids is 1. The molecule has 0 saturated carbocycles. The topological polar surface area (TPSA) is 66.0 Å². The molecular weight excluding hydrogens is 314 g/mol. The summed E-state index contributed by atoms with van der Waals surface area (Å²) in [5.74, 6) is 0.576. The number of para-hydroxylation sites is 2. The van der Waals surface area contributed by atoms with Crippen LogP contribution in [0.5, 0.6) is 0 Å². The number of urea groups is 1. The molecule has 124 valence electrons. The molecule has 1 aliphatic rings. The van der Waals surface area contributed by atoms with Crippen LogP contribution in [0.15, 0.2) is 54.6 Å². The number of hydrogen-bond acceptors (Lipinski definition) is 2. The van der Waals surface area contributed by atoms with E-state index in [2.05, 4.69) is 44.3 Å². The van der Waals surface area contributed by atoms with Crippen molar-refractivity contribution in [3.05, 3.63) is 60.3 Å². The third-order valence-corrected chi connectivity index (χ3v) is 4.83. The van der Waals surface area contributed by atoms with Crippen LogP contribution in [-0.4, -0.2) is 32.2 Å². The van der Waals surface area contributed by atoms with Crippen LogP contribution in [0.1, 0.15) is 5.69 Å². The van der Waals surface area contributed by atoms with Gasteiger partial charge in [0.2, 0.25) is 0 Å². The molecule has 0 radical (unpaired) electrons. The Balaban J connectivity index is 1.40. The Kier molecular flexibility index (Phi) is 3.03. The number of nitrogens with zero attached hydrogens (tertiary/aromatic N) is 3. The normalized spacial score (nSPS) is 14.0. The van der Waals surface area contributed by atoms with Gasteiger partial charge in [-0.1, -0.05) is 30.3 Å². The van der Waals surface area contributed by atoms with E-state index < -0.39 is 0 Å². The Labute approximate surface area is 144 Å². The number of benzene rings is 2. The number of hydrogen-bond donors (Lipinski definition) is 2. The largest absolute Gasteiger partial charge is 0.341 e. The van der Waals surface area contributed by atoms with E-state index in [0.717, 1.165) is 23.1 Å². The summed E-state index contributed by atoms with van der Waals surface area (Å²) in [6, 6.07) is 18.2. The predicted molar refractivity (Wildman–Crippen MR) is 97.5 cm³/mol. The quantitative estimate of drug-likeness (QED) is 0.560. The molecule has 4 aromatic rings. The Morgan fingerprint density at radius 1 is 1.08 bits per heavy atom. The molecule has 2 amide bonds. The van der Waals surface area contributed by atoms with Crippen LogP contribution in [0.3, 0.4) is 0 Å². The van der Waals surface area contributed by atoms with Crippen LogP contribution in [0.2, 0.25) is 0 Å². The second-order valence-electron chi connectivity index (χ2n) is 6.32. The zero-order valence-corrected chi connectivity index (χ0v) is 13.6. The van der Waals surface area contributed by atoms with E-state index in [0.29, 0.717) is 18.9 Å². The number of amides is 2. The molecule has 0 atom stereocenters. The minimum absolute atomic E-state index is 0.117. The summed E-state index contributed by atoms with van der Waals surface area (Å²) in [6.45, 7) is 2.08. The maximum Gasteiger partial charge on any atom is 0.323 e. The first kappa shape index (κ1) is 14.1. The van der Waals surface area contributed by atoms with E-state index in [4.69, 9.17) is 0 Å². The van der Waals surface area contributed by atoms with Gasteiger partial charge >= 0.3 is 6.03 Å². The maximum absolute atomic E-state index is 12.7. The first-order chi connectivity index (χ1) is 12.3. The number of aromatic nitrogens is 3. The molecule has 2 aromatic heterocycles.